The maximum Gasteiger partial charge on any atom is 0.224 e. The molecule has 1 aliphatic rings. The van der Waals surface area contributed by atoms with Gasteiger partial charge < -0.3 is 14.7 Å². The highest BCUT2D eigenvalue weighted by Gasteiger charge is 2.19. The Hall–Kier alpha value is -2.30. The van der Waals surface area contributed by atoms with E-state index in [0.29, 0.717) is 18.8 Å². The van der Waals surface area contributed by atoms with Gasteiger partial charge in [-0.05, 0) is 24.5 Å². The van der Waals surface area contributed by atoms with E-state index >= 15 is 0 Å². The summed E-state index contributed by atoms with van der Waals surface area (Å²) in [5, 5.41) is 6.95. The summed E-state index contributed by atoms with van der Waals surface area (Å²) < 4.78 is 4.97. The van der Waals surface area contributed by atoms with Crippen LogP contribution in [0.5, 0.6) is 0 Å². The number of nitrogens with one attached hydrogen (secondary N) is 1. The summed E-state index contributed by atoms with van der Waals surface area (Å²) in [7, 11) is 0. The van der Waals surface area contributed by atoms with Gasteiger partial charge in [0, 0.05) is 32.1 Å². The minimum absolute atomic E-state index is 0.178. The van der Waals surface area contributed by atoms with E-state index < -0.39 is 0 Å². The highest BCUT2D eigenvalue weighted by molar-refractivity contribution is 5.77. The number of amides is 1. The molecular formula is C16H19N3O2. The lowest BCUT2D eigenvalue weighted by molar-refractivity contribution is -0.131. The van der Waals surface area contributed by atoms with Crippen molar-refractivity contribution in [3.8, 4) is 0 Å². The van der Waals surface area contributed by atoms with Crippen molar-refractivity contribution < 1.29 is 9.32 Å². The lowest BCUT2D eigenvalue weighted by atomic mass is 10.00. The van der Waals surface area contributed by atoms with Crippen LogP contribution in [0, 0.1) is 6.92 Å². The van der Waals surface area contributed by atoms with Gasteiger partial charge >= 0.3 is 0 Å². The van der Waals surface area contributed by atoms with Gasteiger partial charge in [0.1, 0.15) is 5.76 Å². The van der Waals surface area contributed by atoms with Gasteiger partial charge in [-0.3, -0.25) is 4.79 Å². The first-order valence-corrected chi connectivity index (χ1v) is 7.24. The van der Waals surface area contributed by atoms with Crippen LogP contribution in [0.1, 0.15) is 23.3 Å². The Bertz CT molecular complexity index is 636. The molecule has 0 atom stereocenters. The Morgan fingerprint density at radius 3 is 2.95 bits per heavy atom. The largest absolute Gasteiger partial charge is 0.367 e. The zero-order valence-corrected chi connectivity index (χ0v) is 12.1. The van der Waals surface area contributed by atoms with Crippen LogP contribution in [-0.2, 0) is 17.8 Å². The van der Waals surface area contributed by atoms with Crippen LogP contribution in [0.15, 0.2) is 34.9 Å². The molecule has 1 aliphatic heterocycles. The summed E-state index contributed by atoms with van der Waals surface area (Å²) in [5.74, 6) is 1.62. The van der Waals surface area contributed by atoms with E-state index in [4.69, 9.17) is 4.52 Å². The summed E-state index contributed by atoms with van der Waals surface area (Å²) in [6.07, 6.45) is 1.41. The number of hydrogen-bond donors (Lipinski definition) is 1. The zero-order chi connectivity index (χ0) is 14.7. The normalized spacial score (nSPS) is 13.9. The zero-order valence-electron chi connectivity index (χ0n) is 12.1. The fourth-order valence-electron chi connectivity index (χ4n) is 2.61. The maximum atomic E-state index is 12.2. The Balaban J connectivity index is 1.50. The SMILES string of the molecule is Cc1cc(NCCC(=O)N2CCc3ccccc3C2)no1. The predicted molar refractivity (Wildman–Crippen MR) is 79.9 cm³/mol. The maximum absolute atomic E-state index is 12.2. The summed E-state index contributed by atoms with van der Waals surface area (Å²) in [5.41, 5.74) is 2.62. The highest BCUT2D eigenvalue weighted by atomic mass is 16.5. The molecule has 1 aromatic heterocycles. The summed E-state index contributed by atoms with van der Waals surface area (Å²) in [6.45, 7) is 3.94. The first-order valence-electron chi connectivity index (χ1n) is 7.24. The van der Waals surface area contributed by atoms with Crippen molar-refractivity contribution in [1.82, 2.24) is 10.1 Å². The standard InChI is InChI=1S/C16H19N3O2/c1-12-10-15(18-21-12)17-8-6-16(20)19-9-7-13-4-2-3-5-14(13)11-19/h2-5,10H,6-9,11H2,1H3,(H,17,18). The molecule has 0 radical (unpaired) electrons. The van der Waals surface area contributed by atoms with Crippen LogP contribution < -0.4 is 5.32 Å². The number of rotatable bonds is 4. The second-order valence-electron chi connectivity index (χ2n) is 5.33. The topological polar surface area (TPSA) is 58.4 Å². The molecular weight excluding hydrogens is 266 g/mol. The second kappa shape index (κ2) is 5.99. The minimum atomic E-state index is 0.178. The van der Waals surface area contributed by atoms with Crippen LogP contribution in [-0.4, -0.2) is 29.1 Å². The van der Waals surface area contributed by atoms with Gasteiger partial charge in [-0.15, -0.1) is 0 Å². The van der Waals surface area contributed by atoms with Gasteiger partial charge in [0.05, 0.1) is 0 Å². The number of benzene rings is 1. The van der Waals surface area contributed by atoms with Crippen molar-refractivity contribution >= 4 is 11.7 Å². The number of anilines is 1. The molecule has 1 amide bonds. The molecule has 2 aromatic rings. The average molecular weight is 285 g/mol. The lowest BCUT2D eigenvalue weighted by Crippen LogP contribution is -2.36. The predicted octanol–water partition coefficient (Wildman–Crippen LogP) is 2.37. The molecule has 5 nitrogen and oxygen atoms in total. The molecule has 110 valence electrons. The van der Waals surface area contributed by atoms with E-state index in [-0.39, 0.29) is 5.91 Å². The number of fused-ring (bicyclic) bond motifs is 1. The van der Waals surface area contributed by atoms with Crippen LogP contribution >= 0.6 is 0 Å². The van der Waals surface area contributed by atoms with Gasteiger partial charge in [0.2, 0.25) is 5.91 Å². The fourth-order valence-corrected chi connectivity index (χ4v) is 2.61. The van der Waals surface area contributed by atoms with Crippen molar-refractivity contribution in [2.24, 2.45) is 0 Å². The van der Waals surface area contributed by atoms with Crippen LogP contribution in [0.2, 0.25) is 0 Å². The van der Waals surface area contributed by atoms with Crippen LogP contribution in [0.4, 0.5) is 5.82 Å². The Kier molecular flexibility index (Phi) is 3.90. The molecule has 0 saturated carbocycles. The third-order valence-corrected chi connectivity index (χ3v) is 3.76. The summed E-state index contributed by atoms with van der Waals surface area (Å²) >= 11 is 0. The van der Waals surface area contributed by atoms with Crippen molar-refractivity contribution in [1.29, 1.82) is 0 Å². The Labute approximate surface area is 123 Å². The van der Waals surface area contributed by atoms with Crippen molar-refractivity contribution in [2.45, 2.75) is 26.3 Å². The smallest absolute Gasteiger partial charge is 0.224 e. The monoisotopic (exact) mass is 285 g/mol. The van der Waals surface area contributed by atoms with Gasteiger partial charge in [-0.1, -0.05) is 29.4 Å². The number of nitrogens with zero attached hydrogens (tertiary/aromatic N) is 2. The molecule has 21 heavy (non-hydrogen) atoms. The number of aromatic nitrogens is 1. The number of hydrogen-bond acceptors (Lipinski definition) is 4. The molecule has 1 aromatic carbocycles. The number of carbonyl (C=O) groups is 1. The van der Waals surface area contributed by atoms with Crippen molar-refractivity contribution in [2.75, 3.05) is 18.4 Å². The number of aryl methyl sites for hydroxylation is 1. The van der Waals surface area contributed by atoms with E-state index in [2.05, 4.69) is 28.7 Å². The van der Waals surface area contributed by atoms with Gasteiger partial charge in [0.25, 0.3) is 0 Å². The molecule has 3 rings (SSSR count). The second-order valence-corrected chi connectivity index (χ2v) is 5.33. The van der Waals surface area contributed by atoms with E-state index in [1.165, 1.54) is 11.1 Å². The Morgan fingerprint density at radius 2 is 2.19 bits per heavy atom. The van der Waals surface area contributed by atoms with E-state index in [0.717, 1.165) is 25.3 Å². The van der Waals surface area contributed by atoms with E-state index in [1.807, 2.05) is 24.0 Å². The summed E-state index contributed by atoms with van der Waals surface area (Å²) in [6, 6.07) is 10.2. The van der Waals surface area contributed by atoms with Crippen LogP contribution in [0.3, 0.4) is 0 Å². The molecule has 2 heterocycles. The number of carbonyl (C=O) groups excluding carboxylic acids is 1. The van der Waals surface area contributed by atoms with Gasteiger partial charge in [0.15, 0.2) is 5.82 Å². The van der Waals surface area contributed by atoms with Gasteiger partial charge in [-0.2, -0.15) is 0 Å². The molecule has 0 saturated heterocycles. The Morgan fingerprint density at radius 1 is 1.38 bits per heavy atom. The molecule has 0 bridgehead atoms. The van der Waals surface area contributed by atoms with Crippen LogP contribution in [0.25, 0.3) is 0 Å². The van der Waals surface area contributed by atoms with Crippen molar-refractivity contribution in [3.63, 3.8) is 0 Å². The van der Waals surface area contributed by atoms with Gasteiger partial charge in [-0.25, -0.2) is 0 Å². The van der Waals surface area contributed by atoms with Crippen molar-refractivity contribution in [3.05, 3.63) is 47.2 Å². The molecule has 5 heteroatoms. The molecule has 0 spiro atoms. The lowest BCUT2D eigenvalue weighted by Gasteiger charge is -2.29. The highest BCUT2D eigenvalue weighted by Crippen LogP contribution is 2.19. The average Bonchev–Trinajstić information content (AvgIpc) is 2.92. The summed E-state index contributed by atoms with van der Waals surface area (Å²) in [4.78, 5) is 14.2. The minimum Gasteiger partial charge on any atom is -0.367 e. The third kappa shape index (κ3) is 3.24. The molecule has 0 aliphatic carbocycles. The third-order valence-electron chi connectivity index (χ3n) is 3.76. The molecule has 1 N–H and O–H groups in total. The quantitative estimate of drug-likeness (QED) is 0.937. The van der Waals surface area contributed by atoms with E-state index in [1.54, 1.807) is 0 Å². The first kappa shape index (κ1) is 13.7. The molecule has 0 fully saturated rings. The molecule has 0 unspecified atom stereocenters. The van der Waals surface area contributed by atoms with E-state index in [9.17, 15) is 4.79 Å². The first-order chi connectivity index (χ1) is 10.2. The fraction of sp³-hybridized carbons (Fsp3) is 0.375.